The number of amides is 3. The molecule has 3 aromatic heterocycles. The van der Waals surface area contributed by atoms with Gasteiger partial charge in [0.05, 0.1) is 5.69 Å². The first kappa shape index (κ1) is 32.8. The number of ketones is 1. The van der Waals surface area contributed by atoms with Crippen LogP contribution in [-0.2, 0) is 16.1 Å². The second-order valence-corrected chi connectivity index (χ2v) is 13.1. The minimum atomic E-state index is -0.924. The molecule has 4 heterocycles. The monoisotopic (exact) mass is 688 g/mol. The minimum absolute atomic E-state index is 0.0315. The van der Waals surface area contributed by atoms with Crippen molar-refractivity contribution in [2.24, 2.45) is 11.7 Å². The summed E-state index contributed by atoms with van der Waals surface area (Å²) in [5, 5.41) is 7.71. The number of hydrogen-bond acceptors (Lipinski definition) is 9. The van der Waals surface area contributed by atoms with E-state index in [0.29, 0.717) is 38.6 Å². The Hall–Kier alpha value is -5.08. The fourth-order valence-corrected chi connectivity index (χ4v) is 7.07. The number of nitrogens with zero attached hydrogens (tertiary/aromatic N) is 6. The summed E-state index contributed by atoms with van der Waals surface area (Å²) in [6.45, 7) is 6.60. The maximum Gasteiger partial charge on any atom is 0.270 e. The number of nitrogens with one attached hydrogen (secondary N) is 1. The molecule has 246 valence electrons. The fraction of sp³-hybridized carbons (Fsp3) is 0.273. The Morgan fingerprint density at radius 3 is 2.52 bits per heavy atom. The van der Waals surface area contributed by atoms with Gasteiger partial charge in [-0.15, -0.1) is 11.3 Å². The van der Waals surface area contributed by atoms with Crippen molar-refractivity contribution in [1.29, 1.82) is 0 Å². The molecule has 0 bridgehead atoms. The zero-order chi connectivity index (χ0) is 34.4. The highest BCUT2D eigenvalue weighted by molar-refractivity contribution is 7.22. The van der Waals surface area contributed by atoms with Crippen LogP contribution in [0.5, 0.6) is 0 Å². The second-order valence-electron chi connectivity index (χ2n) is 11.7. The van der Waals surface area contributed by atoms with E-state index in [-0.39, 0.29) is 51.9 Å². The third kappa shape index (κ3) is 6.04. The van der Waals surface area contributed by atoms with Gasteiger partial charge < -0.3 is 16.0 Å². The molecule has 6 rings (SSSR count). The highest BCUT2D eigenvalue weighted by Crippen LogP contribution is 2.36. The third-order valence-electron chi connectivity index (χ3n) is 8.54. The van der Waals surface area contributed by atoms with Crippen LogP contribution in [0.3, 0.4) is 0 Å². The molecule has 0 aliphatic carbocycles. The number of Topliss-reactive ketones (excluding diaryl/α,β-unsaturated/α-hetero) is 1. The molecular weight excluding hydrogens is 659 g/mol. The lowest BCUT2D eigenvalue weighted by molar-refractivity contribution is -0.139. The lowest BCUT2D eigenvalue weighted by Crippen LogP contribution is -2.47. The average molecular weight is 689 g/mol. The molecule has 2 aromatic carbocycles. The molecule has 48 heavy (non-hydrogen) atoms. The average Bonchev–Trinajstić information content (AvgIpc) is 3.71. The molecule has 3 atom stereocenters. The van der Waals surface area contributed by atoms with Crippen molar-refractivity contribution in [1.82, 2.24) is 29.6 Å². The Labute approximate surface area is 283 Å². The quantitative estimate of drug-likeness (QED) is 0.208. The van der Waals surface area contributed by atoms with Crippen molar-refractivity contribution >= 4 is 62.5 Å². The van der Waals surface area contributed by atoms with Crippen LogP contribution < -0.4 is 11.1 Å². The predicted molar refractivity (Wildman–Crippen MR) is 179 cm³/mol. The van der Waals surface area contributed by atoms with Crippen LogP contribution in [0.25, 0.3) is 32.0 Å². The first-order valence-electron chi connectivity index (χ1n) is 15.0. The van der Waals surface area contributed by atoms with E-state index < -0.39 is 29.6 Å². The maximum atomic E-state index is 15.9. The van der Waals surface area contributed by atoms with E-state index in [4.69, 9.17) is 17.3 Å². The Morgan fingerprint density at radius 1 is 1.10 bits per heavy atom. The third-order valence-corrected chi connectivity index (χ3v) is 9.97. The van der Waals surface area contributed by atoms with Crippen LogP contribution in [0.15, 0.2) is 48.8 Å². The number of aryl methyl sites for hydroxylation is 1. The van der Waals surface area contributed by atoms with Crippen LogP contribution in [0.2, 0.25) is 5.02 Å². The molecule has 0 unspecified atom stereocenters. The number of rotatable bonds is 8. The summed E-state index contributed by atoms with van der Waals surface area (Å²) in [6, 6.07) is 7.81. The van der Waals surface area contributed by atoms with Crippen molar-refractivity contribution < 1.29 is 23.6 Å². The minimum Gasteiger partial charge on any atom is -0.364 e. The van der Waals surface area contributed by atoms with Gasteiger partial charge in [0.1, 0.15) is 28.1 Å². The number of nitrogens with two attached hydrogens (primary N) is 1. The molecule has 1 saturated heterocycles. The van der Waals surface area contributed by atoms with Gasteiger partial charge >= 0.3 is 0 Å². The molecule has 0 spiro atoms. The lowest BCUT2D eigenvalue weighted by Gasteiger charge is -2.28. The molecule has 1 aliphatic heterocycles. The number of aromatic nitrogens is 5. The van der Waals surface area contributed by atoms with Gasteiger partial charge in [-0.3, -0.25) is 19.2 Å². The summed E-state index contributed by atoms with van der Waals surface area (Å²) in [4.78, 5) is 66.3. The highest BCUT2D eigenvalue weighted by atomic mass is 35.5. The van der Waals surface area contributed by atoms with Crippen molar-refractivity contribution in [3.05, 3.63) is 76.7 Å². The van der Waals surface area contributed by atoms with Gasteiger partial charge in [-0.1, -0.05) is 30.7 Å². The van der Waals surface area contributed by atoms with Crippen LogP contribution in [0.4, 0.5) is 10.1 Å². The largest absolute Gasteiger partial charge is 0.364 e. The highest BCUT2D eigenvalue weighted by Gasteiger charge is 2.43. The summed E-state index contributed by atoms with van der Waals surface area (Å²) in [5.41, 5.74) is 7.16. The summed E-state index contributed by atoms with van der Waals surface area (Å²) < 4.78 is 17.6. The van der Waals surface area contributed by atoms with Crippen LogP contribution in [0.1, 0.15) is 53.9 Å². The van der Waals surface area contributed by atoms with E-state index in [9.17, 15) is 19.2 Å². The number of hydrogen-bond donors (Lipinski definition) is 2. The van der Waals surface area contributed by atoms with Gasteiger partial charge in [-0.2, -0.15) is 5.10 Å². The van der Waals surface area contributed by atoms with Crippen molar-refractivity contribution in [2.75, 3.05) is 5.32 Å². The number of likely N-dealkylation sites (tertiary alicyclic amines) is 1. The summed E-state index contributed by atoms with van der Waals surface area (Å²) in [5.74, 6) is -2.20. The number of benzene rings is 2. The normalized spacial score (nSPS) is 17.5. The van der Waals surface area contributed by atoms with E-state index >= 15 is 4.39 Å². The van der Waals surface area contributed by atoms with Crippen LogP contribution in [0, 0.1) is 18.7 Å². The van der Waals surface area contributed by atoms with E-state index in [1.807, 2.05) is 13.8 Å². The molecule has 1 aliphatic rings. The Balaban J connectivity index is 1.27. The zero-order valence-corrected chi connectivity index (χ0v) is 27.9. The van der Waals surface area contributed by atoms with Gasteiger partial charge in [-0.25, -0.2) is 24.0 Å². The zero-order valence-electron chi connectivity index (χ0n) is 26.3. The Bertz CT molecular complexity index is 2110. The number of thiazole rings is 1. The Kier molecular flexibility index (Phi) is 8.79. The van der Waals surface area contributed by atoms with Crippen molar-refractivity contribution in [2.45, 2.75) is 52.7 Å². The van der Waals surface area contributed by atoms with Crippen LogP contribution in [-0.4, -0.2) is 65.2 Å². The van der Waals surface area contributed by atoms with Gasteiger partial charge in [0.25, 0.3) is 5.91 Å². The molecule has 1 fully saturated rings. The SMILES string of the molecule is CC(=O)c1ccc(Cl)c(-c2cccc(NC(=O)[C@@H]3C[C@@H](C)[C@@H](C)N3C(=O)Cn3nc(C(N)=O)c4sc(-c5cnc(C)nc5)nc43)c2F)c1. The molecule has 3 amide bonds. The van der Waals surface area contributed by atoms with Gasteiger partial charge in [0.15, 0.2) is 22.9 Å². The summed E-state index contributed by atoms with van der Waals surface area (Å²) >= 11 is 7.54. The number of primary amides is 1. The molecular formula is C33H30ClFN8O4S. The topological polar surface area (TPSA) is 166 Å². The molecule has 0 saturated carbocycles. The second kappa shape index (κ2) is 12.8. The molecule has 12 nitrogen and oxygen atoms in total. The summed E-state index contributed by atoms with van der Waals surface area (Å²) in [6.07, 6.45) is 3.56. The van der Waals surface area contributed by atoms with Crippen LogP contribution >= 0.6 is 22.9 Å². The van der Waals surface area contributed by atoms with E-state index in [2.05, 4.69) is 25.4 Å². The standard InChI is InChI=1S/C33H30ClFN8O4S/c1-15-10-25(32(47)39-24-7-5-6-21(27(24)35)22-11-19(17(3)44)8-9-23(22)34)43(16(15)2)26(45)14-42-31-29(28(41-42)30(36)46)48-33(40-31)20-12-37-18(4)38-13-20/h5-9,11-13,15-16,25H,10,14H2,1-4H3,(H2,36,46)(H,39,47)/t15-,16-,25+/m1/s1. The van der Waals surface area contributed by atoms with Gasteiger partial charge in [-0.05, 0) is 57.4 Å². The number of halogens is 2. The van der Waals surface area contributed by atoms with Gasteiger partial charge in [0, 0.05) is 45.7 Å². The first-order chi connectivity index (χ1) is 22.8. The predicted octanol–water partition coefficient (Wildman–Crippen LogP) is 5.28. The molecule has 0 radical (unpaired) electrons. The van der Waals surface area contributed by atoms with Crippen molar-refractivity contribution in [3.63, 3.8) is 0 Å². The number of carbonyl (C=O) groups is 4. The van der Waals surface area contributed by atoms with E-state index in [0.717, 1.165) is 0 Å². The van der Waals surface area contributed by atoms with Gasteiger partial charge in [0.2, 0.25) is 11.8 Å². The lowest BCUT2D eigenvalue weighted by atomic mass is 10.00. The van der Waals surface area contributed by atoms with E-state index in [1.54, 1.807) is 31.5 Å². The smallest absolute Gasteiger partial charge is 0.270 e. The van der Waals surface area contributed by atoms with Crippen molar-refractivity contribution in [3.8, 4) is 21.7 Å². The number of anilines is 1. The first-order valence-corrected chi connectivity index (χ1v) is 16.2. The number of fused-ring (bicyclic) bond motifs is 1. The maximum absolute atomic E-state index is 15.9. The fourth-order valence-electron chi connectivity index (χ4n) is 5.82. The van der Waals surface area contributed by atoms with E-state index in [1.165, 1.54) is 52.1 Å². The molecule has 5 aromatic rings. The molecule has 15 heteroatoms. The number of carbonyl (C=O) groups excluding carboxylic acids is 4. The summed E-state index contributed by atoms with van der Waals surface area (Å²) in [7, 11) is 0. The molecule has 3 N–H and O–H groups in total. The Morgan fingerprint density at radius 2 is 1.83 bits per heavy atom.